The first-order valence-electron chi connectivity index (χ1n) is 12.6. The molecule has 0 saturated carbocycles. The lowest BCUT2D eigenvalue weighted by atomic mass is 10.2. The summed E-state index contributed by atoms with van der Waals surface area (Å²) in [5, 5.41) is 11.0. The van der Waals surface area contributed by atoms with E-state index < -0.39 is 6.10 Å². The highest BCUT2D eigenvalue weighted by Crippen LogP contribution is 2.24. The molecule has 1 unspecified atom stereocenters. The molecule has 4 aromatic rings. The summed E-state index contributed by atoms with van der Waals surface area (Å²) in [4.78, 5) is 17.6. The van der Waals surface area contributed by atoms with E-state index in [-0.39, 0.29) is 42.6 Å². The monoisotopic (exact) mass is 572 g/mol. The normalized spacial score (nSPS) is 14.7. The predicted octanol–water partition coefficient (Wildman–Crippen LogP) is 5.29. The Bertz CT molecular complexity index is 1390. The minimum atomic E-state index is -0.617. The Morgan fingerprint density at radius 2 is 1.64 bits per heavy atom. The van der Waals surface area contributed by atoms with Gasteiger partial charge in [0.05, 0.1) is 5.39 Å². The van der Waals surface area contributed by atoms with Crippen LogP contribution in [0.5, 0.6) is 17.2 Å². The van der Waals surface area contributed by atoms with Crippen LogP contribution in [-0.4, -0.2) is 60.3 Å². The van der Waals surface area contributed by atoms with Crippen LogP contribution in [0.3, 0.4) is 0 Å². The molecule has 0 bridgehead atoms. The molecule has 0 spiro atoms. The number of ether oxygens (including phenoxy) is 2. The van der Waals surface area contributed by atoms with Crippen molar-refractivity contribution in [3.63, 3.8) is 0 Å². The maximum atomic E-state index is 12.9. The second-order valence-corrected chi connectivity index (χ2v) is 9.53. The SMILES string of the molecule is Cc1cccc(Oc2coc3cc(OCC(O)CN4CCN(Cc5ccccc5)CC4)ccc3c2=O)c1.Cl.Cl. The third-order valence-corrected chi connectivity index (χ3v) is 6.56. The van der Waals surface area contributed by atoms with Gasteiger partial charge >= 0.3 is 0 Å². The Balaban J connectivity index is 0.00000210. The van der Waals surface area contributed by atoms with Gasteiger partial charge in [-0.25, -0.2) is 0 Å². The number of aliphatic hydroxyl groups excluding tert-OH is 1. The van der Waals surface area contributed by atoms with Crippen LogP contribution in [0, 0.1) is 6.92 Å². The number of piperazine rings is 1. The molecule has 0 aliphatic carbocycles. The van der Waals surface area contributed by atoms with Crippen molar-refractivity contribution in [2.45, 2.75) is 19.6 Å². The summed E-state index contributed by atoms with van der Waals surface area (Å²) in [7, 11) is 0. The van der Waals surface area contributed by atoms with Crippen LogP contribution in [0.25, 0.3) is 11.0 Å². The number of rotatable bonds is 9. The van der Waals surface area contributed by atoms with Gasteiger partial charge in [0.15, 0.2) is 0 Å². The van der Waals surface area contributed by atoms with Gasteiger partial charge in [-0.2, -0.15) is 0 Å². The Labute approximate surface area is 240 Å². The highest BCUT2D eigenvalue weighted by molar-refractivity contribution is 5.85. The molecule has 1 aliphatic heterocycles. The number of aryl methyl sites for hydroxylation is 1. The van der Waals surface area contributed by atoms with Gasteiger partial charge in [0, 0.05) is 45.3 Å². The summed E-state index contributed by atoms with van der Waals surface area (Å²) >= 11 is 0. The van der Waals surface area contributed by atoms with Crippen molar-refractivity contribution in [3.05, 3.63) is 100 Å². The van der Waals surface area contributed by atoms with Crippen LogP contribution in [-0.2, 0) is 6.54 Å². The molecule has 1 aliphatic rings. The summed E-state index contributed by atoms with van der Waals surface area (Å²) in [6, 6.07) is 23.0. The minimum absolute atomic E-state index is 0. The molecule has 5 rings (SSSR count). The Kier molecular flexibility index (Phi) is 11.2. The molecule has 9 heteroatoms. The summed E-state index contributed by atoms with van der Waals surface area (Å²) in [5.41, 5.74) is 2.52. The maximum absolute atomic E-state index is 12.9. The predicted molar refractivity (Wildman–Crippen MR) is 158 cm³/mol. The zero-order valence-electron chi connectivity index (χ0n) is 21.8. The van der Waals surface area contributed by atoms with Gasteiger partial charge in [0.25, 0.3) is 0 Å². The molecule has 0 radical (unpaired) electrons. The Hall–Kier alpha value is -3.07. The average molecular weight is 574 g/mol. The van der Waals surface area contributed by atoms with Gasteiger partial charge in [-0.05, 0) is 42.3 Å². The molecule has 1 fully saturated rings. The summed E-state index contributed by atoms with van der Waals surface area (Å²) in [5.74, 6) is 1.25. The van der Waals surface area contributed by atoms with E-state index in [2.05, 4.69) is 34.1 Å². The molecule has 3 aromatic carbocycles. The lowest BCUT2D eigenvalue weighted by molar-refractivity contribution is 0.0446. The van der Waals surface area contributed by atoms with Crippen molar-refractivity contribution in [1.29, 1.82) is 0 Å². The van der Waals surface area contributed by atoms with Crippen molar-refractivity contribution in [2.75, 3.05) is 39.3 Å². The van der Waals surface area contributed by atoms with E-state index in [9.17, 15) is 9.90 Å². The molecule has 2 heterocycles. The van der Waals surface area contributed by atoms with Crippen LogP contribution in [0.4, 0.5) is 0 Å². The molecular weight excluding hydrogens is 539 g/mol. The minimum Gasteiger partial charge on any atom is -0.491 e. The molecular formula is C30H34Cl2N2O5. The van der Waals surface area contributed by atoms with Crippen molar-refractivity contribution < 1.29 is 19.0 Å². The number of aliphatic hydroxyl groups is 1. The Morgan fingerprint density at radius 1 is 0.897 bits per heavy atom. The van der Waals surface area contributed by atoms with E-state index >= 15 is 0 Å². The van der Waals surface area contributed by atoms with Gasteiger partial charge in [-0.1, -0.05) is 42.5 Å². The first-order chi connectivity index (χ1) is 18.0. The van der Waals surface area contributed by atoms with Crippen molar-refractivity contribution >= 4 is 35.8 Å². The number of hydrogen-bond acceptors (Lipinski definition) is 7. The van der Waals surface area contributed by atoms with E-state index in [1.54, 1.807) is 24.3 Å². The van der Waals surface area contributed by atoms with E-state index in [1.807, 2.05) is 31.2 Å². The fourth-order valence-electron chi connectivity index (χ4n) is 4.57. The fraction of sp³-hybridized carbons (Fsp3) is 0.300. The van der Waals surface area contributed by atoms with Gasteiger partial charge < -0.3 is 19.0 Å². The summed E-state index contributed by atoms with van der Waals surface area (Å²) in [6.45, 7) is 7.41. The number of β-amino-alcohol motifs (C(OH)–C–C–N with tert-alkyl or cyclic N) is 1. The topological polar surface area (TPSA) is 75.4 Å². The van der Waals surface area contributed by atoms with Crippen molar-refractivity contribution in [2.24, 2.45) is 0 Å². The van der Waals surface area contributed by atoms with Crippen LogP contribution in [0.2, 0.25) is 0 Å². The van der Waals surface area contributed by atoms with Gasteiger partial charge in [-0.3, -0.25) is 14.6 Å². The third-order valence-electron chi connectivity index (χ3n) is 6.56. The standard InChI is InChI=1S/C30H32N2O5.2ClH/c1-22-6-5-9-26(16-22)37-29-21-36-28-17-25(10-11-27(28)30(29)34)35-20-24(33)19-32-14-12-31(13-15-32)18-23-7-3-2-4-8-23;;/h2-11,16-17,21,24,33H,12-15,18-20H2,1H3;2*1H. The second-order valence-electron chi connectivity index (χ2n) is 9.53. The van der Waals surface area contributed by atoms with E-state index in [4.69, 9.17) is 13.9 Å². The molecule has 1 N–H and O–H groups in total. The van der Waals surface area contributed by atoms with Crippen LogP contribution >= 0.6 is 24.8 Å². The van der Waals surface area contributed by atoms with Gasteiger partial charge in [0.1, 0.15) is 36.1 Å². The maximum Gasteiger partial charge on any atom is 0.235 e. The van der Waals surface area contributed by atoms with E-state index in [0.717, 1.165) is 38.3 Å². The first-order valence-corrected chi connectivity index (χ1v) is 12.6. The lowest BCUT2D eigenvalue weighted by Crippen LogP contribution is -2.48. The number of hydrogen-bond donors (Lipinski definition) is 1. The average Bonchev–Trinajstić information content (AvgIpc) is 2.91. The fourth-order valence-corrected chi connectivity index (χ4v) is 4.57. The van der Waals surface area contributed by atoms with E-state index in [1.165, 1.54) is 11.8 Å². The molecule has 1 aromatic heterocycles. The zero-order chi connectivity index (χ0) is 25.6. The molecule has 39 heavy (non-hydrogen) atoms. The Morgan fingerprint density at radius 3 is 2.38 bits per heavy atom. The smallest absolute Gasteiger partial charge is 0.235 e. The number of benzene rings is 3. The highest BCUT2D eigenvalue weighted by atomic mass is 35.5. The molecule has 1 atom stereocenters. The van der Waals surface area contributed by atoms with Crippen molar-refractivity contribution in [1.82, 2.24) is 9.80 Å². The summed E-state index contributed by atoms with van der Waals surface area (Å²) < 4.78 is 17.2. The molecule has 1 saturated heterocycles. The molecule has 0 amide bonds. The van der Waals surface area contributed by atoms with Crippen LogP contribution in [0.15, 0.2) is 88.3 Å². The van der Waals surface area contributed by atoms with Crippen LogP contribution < -0.4 is 14.9 Å². The number of nitrogens with zero attached hydrogens (tertiary/aromatic N) is 2. The van der Waals surface area contributed by atoms with Crippen molar-refractivity contribution in [3.8, 4) is 17.2 Å². The number of halogens is 2. The lowest BCUT2D eigenvalue weighted by Gasteiger charge is -2.35. The number of fused-ring (bicyclic) bond motifs is 1. The molecule has 7 nitrogen and oxygen atoms in total. The largest absolute Gasteiger partial charge is 0.491 e. The second kappa shape index (κ2) is 14.4. The van der Waals surface area contributed by atoms with Gasteiger partial charge in [0.2, 0.25) is 11.2 Å². The summed E-state index contributed by atoms with van der Waals surface area (Å²) in [6.07, 6.45) is 0.705. The van der Waals surface area contributed by atoms with Crippen LogP contribution in [0.1, 0.15) is 11.1 Å². The molecule has 208 valence electrons. The van der Waals surface area contributed by atoms with E-state index in [0.29, 0.717) is 29.0 Å². The quantitative estimate of drug-likeness (QED) is 0.292. The highest BCUT2D eigenvalue weighted by Gasteiger charge is 2.20. The third kappa shape index (κ3) is 8.21. The van der Waals surface area contributed by atoms with Gasteiger partial charge in [-0.15, -0.1) is 24.8 Å². The first kappa shape index (κ1) is 30.5. The zero-order valence-corrected chi connectivity index (χ0v) is 23.5.